The van der Waals surface area contributed by atoms with Crippen LogP contribution in [0.25, 0.3) is 16.6 Å². The molecule has 4 aromatic rings. The van der Waals surface area contributed by atoms with E-state index in [0.29, 0.717) is 39.4 Å². The Morgan fingerprint density at radius 1 is 1.09 bits per heavy atom. The number of aromatic nitrogens is 2. The molecule has 0 spiro atoms. The summed E-state index contributed by atoms with van der Waals surface area (Å²) in [5, 5.41) is 1.02. The minimum absolute atomic E-state index is 0.154. The lowest BCUT2D eigenvalue weighted by Gasteiger charge is -2.29. The molecule has 0 aliphatic carbocycles. The Hall–Kier alpha value is -2.96. The first-order valence-electron chi connectivity index (χ1n) is 10.2. The highest BCUT2D eigenvalue weighted by molar-refractivity contribution is 9.10. The molecule has 0 saturated carbocycles. The molecule has 7 heteroatoms. The second-order valence-electron chi connectivity index (χ2n) is 7.46. The van der Waals surface area contributed by atoms with Gasteiger partial charge in [-0.15, -0.1) is 0 Å². The molecule has 3 aromatic carbocycles. The van der Waals surface area contributed by atoms with Gasteiger partial charge in [0.1, 0.15) is 5.82 Å². The van der Waals surface area contributed by atoms with Crippen molar-refractivity contribution >= 4 is 44.3 Å². The zero-order chi connectivity index (χ0) is 22.8. The summed E-state index contributed by atoms with van der Waals surface area (Å²) in [5.74, 6) is 0.336. The Kier molecular flexibility index (Phi) is 6.44. The van der Waals surface area contributed by atoms with Gasteiger partial charge in [0, 0.05) is 22.1 Å². The maximum absolute atomic E-state index is 13.6. The molecule has 0 fully saturated rings. The van der Waals surface area contributed by atoms with Crippen molar-refractivity contribution in [1.82, 2.24) is 14.5 Å². The maximum atomic E-state index is 13.6. The Morgan fingerprint density at radius 3 is 2.56 bits per heavy atom. The SMILES string of the molecule is CCC(c1nc2ccccc2c(=O)n1-c1cccc(Cl)c1)N(C)C(=O)c1cccc(Br)c1. The number of nitrogens with zero attached hydrogens (tertiary/aromatic N) is 3. The van der Waals surface area contributed by atoms with Gasteiger partial charge in [-0.3, -0.25) is 14.2 Å². The van der Waals surface area contributed by atoms with Gasteiger partial charge in [0.25, 0.3) is 11.5 Å². The zero-order valence-electron chi connectivity index (χ0n) is 17.6. The van der Waals surface area contributed by atoms with Crippen LogP contribution < -0.4 is 5.56 Å². The molecule has 1 atom stereocenters. The molecule has 1 heterocycles. The van der Waals surface area contributed by atoms with Gasteiger partial charge in [-0.1, -0.05) is 58.7 Å². The van der Waals surface area contributed by atoms with Crippen LogP contribution in [0, 0.1) is 0 Å². The van der Waals surface area contributed by atoms with Crippen LogP contribution in [-0.2, 0) is 0 Å². The molecule has 1 unspecified atom stereocenters. The van der Waals surface area contributed by atoms with Crippen molar-refractivity contribution in [1.29, 1.82) is 0 Å². The molecule has 0 saturated heterocycles. The fourth-order valence-electron chi connectivity index (χ4n) is 3.83. The zero-order valence-corrected chi connectivity index (χ0v) is 20.0. The van der Waals surface area contributed by atoms with Crippen molar-refractivity contribution in [3.63, 3.8) is 0 Å². The summed E-state index contributed by atoms with van der Waals surface area (Å²) < 4.78 is 2.39. The molecular formula is C25H21BrClN3O2. The van der Waals surface area contributed by atoms with Crippen molar-refractivity contribution in [2.24, 2.45) is 0 Å². The lowest BCUT2D eigenvalue weighted by Crippen LogP contribution is -2.36. The molecule has 32 heavy (non-hydrogen) atoms. The predicted molar refractivity (Wildman–Crippen MR) is 132 cm³/mol. The van der Waals surface area contributed by atoms with Crippen molar-refractivity contribution < 1.29 is 4.79 Å². The van der Waals surface area contributed by atoms with Crippen LogP contribution in [0.5, 0.6) is 0 Å². The number of para-hydroxylation sites is 1. The van der Waals surface area contributed by atoms with Crippen molar-refractivity contribution in [2.45, 2.75) is 19.4 Å². The molecular weight excluding hydrogens is 490 g/mol. The van der Waals surface area contributed by atoms with Crippen LogP contribution in [-0.4, -0.2) is 27.4 Å². The Morgan fingerprint density at radius 2 is 1.84 bits per heavy atom. The van der Waals surface area contributed by atoms with Crippen LogP contribution in [0.1, 0.15) is 35.6 Å². The topological polar surface area (TPSA) is 55.2 Å². The van der Waals surface area contributed by atoms with Gasteiger partial charge < -0.3 is 4.90 Å². The number of carbonyl (C=O) groups is 1. The van der Waals surface area contributed by atoms with Gasteiger partial charge >= 0.3 is 0 Å². The molecule has 5 nitrogen and oxygen atoms in total. The van der Waals surface area contributed by atoms with Gasteiger partial charge in [-0.05, 0) is 55.0 Å². The highest BCUT2D eigenvalue weighted by Gasteiger charge is 2.27. The third-order valence-electron chi connectivity index (χ3n) is 5.41. The van der Waals surface area contributed by atoms with Crippen LogP contribution in [0.3, 0.4) is 0 Å². The van der Waals surface area contributed by atoms with Crippen molar-refractivity contribution in [2.75, 3.05) is 7.05 Å². The highest BCUT2D eigenvalue weighted by atomic mass is 79.9. The third-order valence-corrected chi connectivity index (χ3v) is 6.14. The Bertz CT molecular complexity index is 1370. The largest absolute Gasteiger partial charge is 0.332 e. The normalized spacial score (nSPS) is 12.0. The van der Waals surface area contributed by atoms with Crippen molar-refractivity contribution in [3.05, 3.63) is 104 Å². The third kappa shape index (κ3) is 4.20. The van der Waals surface area contributed by atoms with Gasteiger partial charge in [0.15, 0.2) is 0 Å². The minimum Gasteiger partial charge on any atom is -0.332 e. The van der Waals surface area contributed by atoms with Crippen LogP contribution in [0.15, 0.2) is 82.1 Å². The lowest BCUT2D eigenvalue weighted by atomic mass is 10.1. The monoisotopic (exact) mass is 509 g/mol. The van der Waals surface area contributed by atoms with Gasteiger partial charge in [-0.2, -0.15) is 0 Å². The van der Waals surface area contributed by atoms with Gasteiger partial charge in [0.05, 0.1) is 22.6 Å². The van der Waals surface area contributed by atoms with Gasteiger partial charge in [-0.25, -0.2) is 4.98 Å². The average molecular weight is 511 g/mol. The summed E-state index contributed by atoms with van der Waals surface area (Å²) in [4.78, 5) is 33.3. The van der Waals surface area contributed by atoms with E-state index < -0.39 is 6.04 Å². The summed E-state index contributed by atoms with van der Waals surface area (Å²) in [5.41, 5.74) is 1.55. The Balaban J connectivity index is 1.92. The van der Waals surface area contributed by atoms with E-state index in [1.54, 1.807) is 52.9 Å². The average Bonchev–Trinajstić information content (AvgIpc) is 2.79. The maximum Gasteiger partial charge on any atom is 0.266 e. The van der Waals surface area contributed by atoms with Gasteiger partial charge in [0.2, 0.25) is 0 Å². The van der Waals surface area contributed by atoms with E-state index in [9.17, 15) is 9.59 Å². The van der Waals surface area contributed by atoms with E-state index in [2.05, 4.69) is 15.9 Å². The number of halogens is 2. The summed E-state index contributed by atoms with van der Waals surface area (Å²) >= 11 is 9.66. The number of amides is 1. The molecule has 1 aromatic heterocycles. The molecule has 0 bridgehead atoms. The predicted octanol–water partition coefficient (Wildman–Crippen LogP) is 6.02. The van der Waals surface area contributed by atoms with E-state index in [4.69, 9.17) is 16.6 Å². The first-order valence-corrected chi connectivity index (χ1v) is 11.4. The molecule has 162 valence electrons. The lowest BCUT2D eigenvalue weighted by molar-refractivity contribution is 0.0717. The molecule has 0 N–H and O–H groups in total. The summed E-state index contributed by atoms with van der Waals surface area (Å²) in [7, 11) is 1.74. The Labute approximate surface area is 199 Å². The second kappa shape index (κ2) is 9.27. The molecule has 0 aliphatic rings. The summed E-state index contributed by atoms with van der Waals surface area (Å²) in [6.07, 6.45) is 0.571. The van der Waals surface area contributed by atoms with Crippen molar-refractivity contribution in [3.8, 4) is 5.69 Å². The van der Waals surface area contributed by atoms with E-state index in [-0.39, 0.29) is 11.5 Å². The molecule has 1 amide bonds. The number of benzene rings is 3. The van der Waals surface area contributed by atoms with E-state index in [0.717, 1.165) is 4.47 Å². The number of hydrogen-bond acceptors (Lipinski definition) is 3. The number of carbonyl (C=O) groups excluding carboxylic acids is 1. The fourth-order valence-corrected chi connectivity index (χ4v) is 4.42. The summed E-state index contributed by atoms with van der Waals surface area (Å²) in [6.45, 7) is 1.97. The summed E-state index contributed by atoms with van der Waals surface area (Å²) in [6, 6.07) is 21.1. The standard InChI is InChI=1S/C25H21BrClN3O2/c1-3-22(29(2)24(31)16-8-6-9-17(26)14-16)23-28-21-13-5-4-12-20(21)25(32)30(23)19-11-7-10-18(27)15-19/h4-15,22H,3H2,1-2H3. The highest BCUT2D eigenvalue weighted by Crippen LogP contribution is 2.27. The minimum atomic E-state index is -0.433. The first-order chi connectivity index (χ1) is 15.4. The van der Waals surface area contributed by atoms with Crippen LogP contribution >= 0.6 is 27.5 Å². The van der Waals surface area contributed by atoms with E-state index in [1.165, 1.54) is 0 Å². The van der Waals surface area contributed by atoms with E-state index in [1.807, 2.05) is 43.3 Å². The number of fused-ring (bicyclic) bond motifs is 1. The fraction of sp³-hybridized carbons (Fsp3) is 0.160. The molecule has 4 rings (SSSR count). The quantitative estimate of drug-likeness (QED) is 0.330. The molecule has 0 radical (unpaired) electrons. The number of rotatable bonds is 5. The van der Waals surface area contributed by atoms with E-state index >= 15 is 0 Å². The molecule has 0 aliphatic heterocycles. The van der Waals surface area contributed by atoms with Crippen LogP contribution in [0.4, 0.5) is 0 Å². The van der Waals surface area contributed by atoms with Crippen LogP contribution in [0.2, 0.25) is 5.02 Å². The number of hydrogen-bond donors (Lipinski definition) is 0. The second-order valence-corrected chi connectivity index (χ2v) is 8.81. The first kappa shape index (κ1) is 22.2. The smallest absolute Gasteiger partial charge is 0.266 e.